The maximum absolute atomic E-state index is 13.3. The molecule has 0 aliphatic heterocycles. The molecule has 0 spiro atoms. The number of benzene rings is 3. The molecule has 1 atom stereocenters. The van der Waals surface area contributed by atoms with Gasteiger partial charge in [-0.05, 0) is 61.2 Å². The number of nitrogens with zero attached hydrogens (tertiary/aromatic N) is 1. The van der Waals surface area contributed by atoms with Gasteiger partial charge in [0.1, 0.15) is 6.04 Å². The van der Waals surface area contributed by atoms with E-state index in [0.717, 1.165) is 21.9 Å². The fourth-order valence-electron chi connectivity index (χ4n) is 3.72. The summed E-state index contributed by atoms with van der Waals surface area (Å²) in [7, 11) is 0. The molecule has 0 aliphatic carbocycles. The molecule has 0 saturated carbocycles. The van der Waals surface area contributed by atoms with Crippen LogP contribution in [0.15, 0.2) is 60.7 Å². The molecule has 1 N–H and O–H groups in total. The van der Waals surface area contributed by atoms with Gasteiger partial charge in [-0.25, -0.2) is 0 Å². The van der Waals surface area contributed by atoms with Crippen molar-refractivity contribution in [2.24, 2.45) is 0 Å². The van der Waals surface area contributed by atoms with Gasteiger partial charge in [0.2, 0.25) is 11.8 Å². The second-order valence-electron chi connectivity index (χ2n) is 8.25. The summed E-state index contributed by atoms with van der Waals surface area (Å²) in [6, 6.07) is 18.9. The molecule has 0 heterocycles. The minimum atomic E-state index is -0.619. The zero-order valence-corrected chi connectivity index (χ0v) is 20.1. The van der Waals surface area contributed by atoms with Gasteiger partial charge in [0.15, 0.2) is 0 Å². The smallest absolute Gasteiger partial charge is 0.242 e. The van der Waals surface area contributed by atoms with Crippen LogP contribution in [0.3, 0.4) is 0 Å². The van der Waals surface area contributed by atoms with Crippen LogP contribution in [0.5, 0.6) is 0 Å². The van der Waals surface area contributed by atoms with Crippen molar-refractivity contribution < 1.29 is 9.59 Å². The second-order valence-corrected chi connectivity index (χ2v) is 9.06. The Morgan fingerprint density at radius 1 is 0.938 bits per heavy atom. The molecular formula is C26H28Cl2N2O2. The normalized spacial score (nSPS) is 12.1. The van der Waals surface area contributed by atoms with Crippen LogP contribution in [0.1, 0.15) is 38.3 Å². The molecule has 168 valence electrons. The van der Waals surface area contributed by atoms with Crippen molar-refractivity contribution in [3.63, 3.8) is 0 Å². The first kappa shape index (κ1) is 24.1. The maximum atomic E-state index is 13.3. The molecule has 0 fully saturated rings. The summed E-state index contributed by atoms with van der Waals surface area (Å²) >= 11 is 12.2. The highest BCUT2D eigenvalue weighted by Gasteiger charge is 2.26. The predicted molar refractivity (Wildman–Crippen MR) is 132 cm³/mol. The Balaban J connectivity index is 1.81. The number of nitrogens with one attached hydrogen (secondary N) is 1. The number of fused-ring (bicyclic) bond motifs is 1. The maximum Gasteiger partial charge on any atom is 0.242 e. The molecule has 2 amide bonds. The first-order chi connectivity index (χ1) is 15.3. The van der Waals surface area contributed by atoms with Gasteiger partial charge >= 0.3 is 0 Å². The van der Waals surface area contributed by atoms with Crippen LogP contribution in [0, 0.1) is 0 Å². The summed E-state index contributed by atoms with van der Waals surface area (Å²) in [6.07, 6.45) is 0.894. The van der Waals surface area contributed by atoms with Gasteiger partial charge in [0.05, 0.1) is 10.0 Å². The molecular weight excluding hydrogens is 443 g/mol. The topological polar surface area (TPSA) is 49.4 Å². The third-order valence-corrected chi connectivity index (χ3v) is 6.16. The fraction of sp³-hybridized carbons (Fsp3) is 0.308. The van der Waals surface area contributed by atoms with E-state index in [-0.39, 0.29) is 24.4 Å². The van der Waals surface area contributed by atoms with E-state index in [1.165, 1.54) is 0 Å². The molecule has 3 aromatic rings. The van der Waals surface area contributed by atoms with E-state index in [9.17, 15) is 9.59 Å². The van der Waals surface area contributed by atoms with Crippen LogP contribution in [-0.2, 0) is 22.6 Å². The van der Waals surface area contributed by atoms with Crippen LogP contribution in [0.4, 0.5) is 0 Å². The quantitative estimate of drug-likeness (QED) is 0.437. The standard InChI is InChI=1S/C26H28Cl2N2O2/c1-17(2)29-26(32)18(3)30(16-19-11-13-23(27)24(28)15-19)25(31)14-12-21-9-6-8-20-7-4-5-10-22(20)21/h4-11,13,15,17-18H,12,14,16H2,1-3H3,(H,29,32)/t18-/m1/s1. The Labute approximate surface area is 199 Å². The minimum Gasteiger partial charge on any atom is -0.352 e. The Morgan fingerprint density at radius 2 is 1.66 bits per heavy atom. The Hall–Kier alpha value is -2.56. The van der Waals surface area contributed by atoms with Crippen molar-refractivity contribution in [3.8, 4) is 0 Å². The zero-order chi connectivity index (χ0) is 23.3. The minimum absolute atomic E-state index is 0.0115. The lowest BCUT2D eigenvalue weighted by Crippen LogP contribution is -2.49. The molecule has 0 saturated heterocycles. The predicted octanol–water partition coefficient (Wildman–Crippen LogP) is 6.02. The van der Waals surface area contributed by atoms with Gasteiger partial charge in [-0.15, -0.1) is 0 Å². The van der Waals surface area contributed by atoms with Gasteiger partial charge in [0, 0.05) is 19.0 Å². The van der Waals surface area contributed by atoms with Crippen molar-refractivity contribution in [2.75, 3.05) is 0 Å². The first-order valence-electron chi connectivity index (χ1n) is 10.8. The number of hydrogen-bond donors (Lipinski definition) is 1. The van der Waals surface area contributed by atoms with Gasteiger partial charge in [-0.3, -0.25) is 9.59 Å². The van der Waals surface area contributed by atoms with Crippen LogP contribution in [0.2, 0.25) is 10.0 Å². The van der Waals surface area contributed by atoms with Crippen LogP contribution in [0.25, 0.3) is 10.8 Å². The summed E-state index contributed by atoms with van der Waals surface area (Å²) in [5, 5.41) is 6.07. The van der Waals surface area contributed by atoms with E-state index in [0.29, 0.717) is 22.9 Å². The van der Waals surface area contributed by atoms with Crippen LogP contribution in [-0.4, -0.2) is 28.8 Å². The number of amides is 2. The SMILES string of the molecule is CC(C)NC(=O)[C@@H](C)N(Cc1ccc(Cl)c(Cl)c1)C(=O)CCc1cccc2ccccc12. The highest BCUT2D eigenvalue weighted by molar-refractivity contribution is 6.42. The molecule has 32 heavy (non-hydrogen) atoms. The highest BCUT2D eigenvalue weighted by Crippen LogP contribution is 2.25. The lowest BCUT2D eigenvalue weighted by molar-refractivity contribution is -0.140. The van der Waals surface area contributed by atoms with Gasteiger partial charge in [-0.2, -0.15) is 0 Å². The zero-order valence-electron chi connectivity index (χ0n) is 18.6. The number of hydrogen-bond acceptors (Lipinski definition) is 2. The number of carbonyl (C=O) groups is 2. The van der Waals surface area contributed by atoms with Gasteiger partial charge < -0.3 is 10.2 Å². The molecule has 0 radical (unpaired) electrons. The van der Waals surface area contributed by atoms with Crippen molar-refractivity contribution in [1.29, 1.82) is 0 Å². The van der Waals surface area contributed by atoms with E-state index in [1.807, 2.05) is 44.2 Å². The second kappa shape index (κ2) is 10.8. The molecule has 0 bridgehead atoms. The van der Waals surface area contributed by atoms with Gasteiger partial charge in [-0.1, -0.05) is 71.7 Å². The van der Waals surface area contributed by atoms with Crippen molar-refractivity contribution in [3.05, 3.63) is 81.8 Å². The van der Waals surface area contributed by atoms with E-state index in [2.05, 4.69) is 23.5 Å². The third-order valence-electron chi connectivity index (χ3n) is 5.42. The largest absolute Gasteiger partial charge is 0.352 e. The highest BCUT2D eigenvalue weighted by atomic mass is 35.5. The first-order valence-corrected chi connectivity index (χ1v) is 11.5. The lowest BCUT2D eigenvalue weighted by atomic mass is 10.0. The molecule has 0 aliphatic rings. The third kappa shape index (κ3) is 6.02. The molecule has 0 unspecified atom stereocenters. The molecule has 4 nitrogen and oxygen atoms in total. The van der Waals surface area contributed by atoms with Crippen molar-refractivity contribution in [2.45, 2.75) is 52.2 Å². The van der Waals surface area contributed by atoms with E-state index >= 15 is 0 Å². The summed E-state index contributed by atoms with van der Waals surface area (Å²) in [5.74, 6) is -0.269. The number of rotatable bonds is 8. The number of aryl methyl sites for hydroxylation is 1. The molecule has 6 heteroatoms. The van der Waals surface area contributed by atoms with Crippen LogP contribution >= 0.6 is 23.2 Å². The number of halogens is 2. The Kier molecular flexibility index (Phi) is 8.16. The Morgan fingerprint density at radius 3 is 2.38 bits per heavy atom. The molecule has 3 aromatic carbocycles. The molecule has 3 rings (SSSR count). The summed E-state index contributed by atoms with van der Waals surface area (Å²) < 4.78 is 0. The summed E-state index contributed by atoms with van der Waals surface area (Å²) in [6.45, 7) is 5.83. The number of carbonyl (C=O) groups excluding carboxylic acids is 2. The summed E-state index contributed by atoms with van der Waals surface area (Å²) in [5.41, 5.74) is 1.94. The Bertz CT molecular complexity index is 1110. The van der Waals surface area contributed by atoms with Crippen LogP contribution < -0.4 is 5.32 Å². The van der Waals surface area contributed by atoms with E-state index in [4.69, 9.17) is 23.2 Å². The van der Waals surface area contributed by atoms with Crippen molar-refractivity contribution in [1.82, 2.24) is 10.2 Å². The lowest BCUT2D eigenvalue weighted by Gasteiger charge is -2.29. The van der Waals surface area contributed by atoms with Crippen molar-refractivity contribution >= 4 is 45.8 Å². The van der Waals surface area contributed by atoms with Gasteiger partial charge in [0.25, 0.3) is 0 Å². The van der Waals surface area contributed by atoms with E-state index < -0.39 is 6.04 Å². The monoisotopic (exact) mass is 470 g/mol. The molecule has 0 aromatic heterocycles. The average molecular weight is 471 g/mol. The summed E-state index contributed by atoms with van der Waals surface area (Å²) in [4.78, 5) is 27.6. The fourth-order valence-corrected chi connectivity index (χ4v) is 4.04. The average Bonchev–Trinajstić information content (AvgIpc) is 2.77. The van der Waals surface area contributed by atoms with E-state index in [1.54, 1.807) is 24.0 Å².